The zero-order valence-corrected chi connectivity index (χ0v) is 11.3. The number of benzene rings is 2. The SMILES string of the molecule is O=C(O)c1cc2ccccc2cc1OCc1nccs1. The molecule has 0 atom stereocenters. The minimum absolute atomic E-state index is 0.167. The van der Waals surface area contributed by atoms with Gasteiger partial charge in [0, 0.05) is 11.6 Å². The molecule has 20 heavy (non-hydrogen) atoms. The predicted octanol–water partition coefficient (Wildman–Crippen LogP) is 3.57. The molecule has 0 saturated carbocycles. The van der Waals surface area contributed by atoms with E-state index in [-0.39, 0.29) is 12.2 Å². The number of carbonyl (C=O) groups is 1. The van der Waals surface area contributed by atoms with Gasteiger partial charge in [-0.1, -0.05) is 24.3 Å². The van der Waals surface area contributed by atoms with Crippen molar-refractivity contribution < 1.29 is 14.6 Å². The number of hydrogen-bond acceptors (Lipinski definition) is 4. The smallest absolute Gasteiger partial charge is 0.339 e. The second kappa shape index (κ2) is 5.30. The van der Waals surface area contributed by atoms with E-state index in [1.807, 2.05) is 29.6 Å². The van der Waals surface area contributed by atoms with Gasteiger partial charge in [0.15, 0.2) is 0 Å². The molecule has 0 bridgehead atoms. The molecule has 1 aromatic heterocycles. The number of hydrogen-bond donors (Lipinski definition) is 1. The van der Waals surface area contributed by atoms with Gasteiger partial charge in [0.1, 0.15) is 22.9 Å². The van der Waals surface area contributed by atoms with Gasteiger partial charge >= 0.3 is 5.97 Å². The molecule has 0 aliphatic carbocycles. The van der Waals surface area contributed by atoms with E-state index in [9.17, 15) is 9.90 Å². The van der Waals surface area contributed by atoms with Crippen LogP contribution >= 0.6 is 11.3 Å². The van der Waals surface area contributed by atoms with Crippen LogP contribution in [0.15, 0.2) is 48.0 Å². The summed E-state index contributed by atoms with van der Waals surface area (Å²) in [6.45, 7) is 0.274. The largest absolute Gasteiger partial charge is 0.485 e. The summed E-state index contributed by atoms with van der Waals surface area (Å²) in [5.41, 5.74) is 0.167. The van der Waals surface area contributed by atoms with Crippen molar-refractivity contribution in [3.05, 3.63) is 58.5 Å². The van der Waals surface area contributed by atoms with Crippen LogP contribution in [0.5, 0.6) is 5.75 Å². The second-order valence-electron chi connectivity index (χ2n) is 4.22. The average Bonchev–Trinajstić information content (AvgIpc) is 2.97. The van der Waals surface area contributed by atoms with E-state index in [0.29, 0.717) is 5.75 Å². The van der Waals surface area contributed by atoms with Gasteiger partial charge in [-0.3, -0.25) is 0 Å². The summed E-state index contributed by atoms with van der Waals surface area (Å²) in [5.74, 6) is -0.628. The second-order valence-corrected chi connectivity index (χ2v) is 5.19. The maximum atomic E-state index is 11.3. The Hall–Kier alpha value is -2.40. The van der Waals surface area contributed by atoms with Crippen LogP contribution in [0.1, 0.15) is 15.4 Å². The van der Waals surface area contributed by atoms with E-state index in [0.717, 1.165) is 15.8 Å². The molecule has 0 aliphatic heterocycles. The number of ether oxygens (including phenoxy) is 1. The number of fused-ring (bicyclic) bond motifs is 1. The van der Waals surface area contributed by atoms with Crippen LogP contribution in [0.25, 0.3) is 10.8 Å². The number of carboxylic acids is 1. The Morgan fingerprint density at radius 3 is 2.65 bits per heavy atom. The molecule has 3 rings (SSSR count). The van der Waals surface area contributed by atoms with Crippen LogP contribution in [-0.2, 0) is 6.61 Å². The fourth-order valence-corrected chi connectivity index (χ4v) is 2.50. The first kappa shape index (κ1) is 12.6. The number of aromatic carboxylic acids is 1. The monoisotopic (exact) mass is 285 g/mol. The van der Waals surface area contributed by atoms with Crippen molar-refractivity contribution in [2.45, 2.75) is 6.61 Å². The zero-order chi connectivity index (χ0) is 13.9. The molecule has 1 heterocycles. The number of nitrogens with zero attached hydrogens (tertiary/aromatic N) is 1. The Labute approximate surface area is 119 Å². The molecule has 0 aliphatic rings. The highest BCUT2D eigenvalue weighted by molar-refractivity contribution is 7.09. The number of carboxylic acid groups (broad SMARTS) is 1. The van der Waals surface area contributed by atoms with Crippen molar-refractivity contribution in [2.24, 2.45) is 0 Å². The van der Waals surface area contributed by atoms with E-state index in [1.54, 1.807) is 18.3 Å². The lowest BCUT2D eigenvalue weighted by Crippen LogP contribution is -2.03. The quantitative estimate of drug-likeness (QED) is 0.796. The summed E-state index contributed by atoms with van der Waals surface area (Å²) in [7, 11) is 0. The summed E-state index contributed by atoms with van der Waals surface area (Å²) in [4.78, 5) is 15.4. The van der Waals surface area contributed by atoms with Crippen molar-refractivity contribution in [2.75, 3.05) is 0 Å². The van der Waals surface area contributed by atoms with Crippen molar-refractivity contribution >= 4 is 28.1 Å². The first-order chi connectivity index (χ1) is 9.74. The van der Waals surface area contributed by atoms with Crippen LogP contribution < -0.4 is 4.74 Å². The fourth-order valence-electron chi connectivity index (χ4n) is 1.97. The van der Waals surface area contributed by atoms with E-state index >= 15 is 0 Å². The maximum absolute atomic E-state index is 11.3. The molecule has 1 N–H and O–H groups in total. The topological polar surface area (TPSA) is 59.4 Å². The van der Waals surface area contributed by atoms with Crippen molar-refractivity contribution in [1.82, 2.24) is 4.98 Å². The lowest BCUT2D eigenvalue weighted by Gasteiger charge is -2.09. The van der Waals surface area contributed by atoms with Crippen molar-refractivity contribution in [1.29, 1.82) is 0 Å². The van der Waals surface area contributed by atoms with Gasteiger partial charge < -0.3 is 9.84 Å². The van der Waals surface area contributed by atoms with Gasteiger partial charge in [0.2, 0.25) is 0 Å². The molecule has 0 saturated heterocycles. The van der Waals surface area contributed by atoms with Gasteiger partial charge in [-0.05, 0) is 22.9 Å². The first-order valence-corrected chi connectivity index (χ1v) is 6.89. The number of rotatable bonds is 4. The normalized spacial score (nSPS) is 10.6. The third kappa shape index (κ3) is 2.48. The van der Waals surface area contributed by atoms with Crippen LogP contribution in [-0.4, -0.2) is 16.1 Å². The summed E-state index contributed by atoms with van der Waals surface area (Å²) < 4.78 is 5.62. The molecular formula is C15H11NO3S. The summed E-state index contributed by atoms with van der Waals surface area (Å²) in [5, 5.41) is 13.8. The standard InChI is InChI=1S/C15H11NO3S/c17-15(18)12-7-10-3-1-2-4-11(10)8-13(12)19-9-14-16-5-6-20-14/h1-8H,9H2,(H,17,18). The Morgan fingerprint density at radius 1 is 1.25 bits per heavy atom. The Balaban J connectivity index is 1.98. The molecule has 100 valence electrons. The maximum Gasteiger partial charge on any atom is 0.339 e. The van der Waals surface area contributed by atoms with Crippen molar-refractivity contribution in [3.8, 4) is 5.75 Å². The fraction of sp³-hybridized carbons (Fsp3) is 0.0667. The van der Waals surface area contributed by atoms with Crippen LogP contribution in [0, 0.1) is 0 Å². The third-order valence-electron chi connectivity index (χ3n) is 2.91. The van der Waals surface area contributed by atoms with Crippen LogP contribution in [0.2, 0.25) is 0 Å². The van der Waals surface area contributed by atoms with Gasteiger partial charge in [0.05, 0.1) is 0 Å². The highest BCUT2D eigenvalue weighted by atomic mass is 32.1. The highest BCUT2D eigenvalue weighted by Crippen LogP contribution is 2.27. The van der Waals surface area contributed by atoms with E-state index in [4.69, 9.17) is 4.74 Å². The van der Waals surface area contributed by atoms with Crippen LogP contribution in [0.4, 0.5) is 0 Å². The lowest BCUT2D eigenvalue weighted by atomic mass is 10.1. The van der Waals surface area contributed by atoms with Crippen molar-refractivity contribution in [3.63, 3.8) is 0 Å². The van der Waals surface area contributed by atoms with Gasteiger partial charge in [-0.15, -0.1) is 11.3 Å². The predicted molar refractivity (Wildman–Crippen MR) is 77.4 cm³/mol. The molecule has 0 radical (unpaired) electrons. The summed E-state index contributed by atoms with van der Waals surface area (Å²) in [6, 6.07) is 11.0. The molecule has 0 unspecified atom stereocenters. The van der Waals surface area contributed by atoms with E-state index < -0.39 is 5.97 Å². The van der Waals surface area contributed by atoms with Gasteiger partial charge in [0.25, 0.3) is 0 Å². The van der Waals surface area contributed by atoms with E-state index in [2.05, 4.69) is 4.98 Å². The molecule has 0 amide bonds. The minimum atomic E-state index is -0.995. The molecule has 2 aromatic carbocycles. The molecular weight excluding hydrogens is 274 g/mol. The third-order valence-corrected chi connectivity index (χ3v) is 3.67. The zero-order valence-electron chi connectivity index (χ0n) is 10.4. The van der Waals surface area contributed by atoms with Crippen LogP contribution in [0.3, 0.4) is 0 Å². The molecule has 4 nitrogen and oxygen atoms in total. The molecule has 3 aromatic rings. The summed E-state index contributed by atoms with van der Waals surface area (Å²) in [6.07, 6.45) is 1.70. The average molecular weight is 285 g/mol. The Kier molecular flexibility index (Phi) is 3.35. The van der Waals surface area contributed by atoms with Gasteiger partial charge in [-0.2, -0.15) is 0 Å². The highest BCUT2D eigenvalue weighted by Gasteiger charge is 2.13. The first-order valence-electron chi connectivity index (χ1n) is 6.01. The molecule has 5 heteroatoms. The molecule has 0 spiro atoms. The Bertz CT molecular complexity index is 753. The Morgan fingerprint density at radius 2 is 2.00 bits per heavy atom. The van der Waals surface area contributed by atoms with E-state index in [1.165, 1.54) is 11.3 Å². The van der Waals surface area contributed by atoms with Gasteiger partial charge in [-0.25, -0.2) is 9.78 Å². The molecule has 0 fully saturated rings. The minimum Gasteiger partial charge on any atom is -0.485 e. The number of thiazole rings is 1. The lowest BCUT2D eigenvalue weighted by molar-refractivity contribution is 0.0692. The number of aromatic nitrogens is 1. The summed E-state index contributed by atoms with van der Waals surface area (Å²) >= 11 is 1.48.